The van der Waals surface area contributed by atoms with Gasteiger partial charge in [-0.15, -0.1) is 11.3 Å². The van der Waals surface area contributed by atoms with E-state index in [9.17, 15) is 5.48 Å². The molecule has 0 radical (unpaired) electrons. The van der Waals surface area contributed by atoms with Crippen molar-refractivity contribution in [1.82, 2.24) is 9.97 Å². The van der Waals surface area contributed by atoms with Gasteiger partial charge in [0.15, 0.2) is 5.58 Å². The summed E-state index contributed by atoms with van der Waals surface area (Å²) in [5.41, 5.74) is -0.616. The molecule has 3 aromatic heterocycles. The Morgan fingerprint density at radius 1 is 0.500 bits per heavy atom. The fraction of sp³-hybridized carbons (Fsp3) is 0. The zero-order valence-corrected chi connectivity index (χ0v) is 25.9. The van der Waals surface area contributed by atoms with Crippen molar-refractivity contribution in [1.29, 1.82) is 0 Å². The van der Waals surface area contributed by atoms with Crippen molar-refractivity contribution >= 4 is 85.9 Å². The third kappa shape index (κ3) is 4.03. The third-order valence-corrected chi connectivity index (χ3v) is 9.74. The molecule has 0 spiro atoms. The number of aromatic nitrogens is 2. The van der Waals surface area contributed by atoms with Crippen molar-refractivity contribution in [3.05, 3.63) is 157 Å². The van der Waals surface area contributed by atoms with Gasteiger partial charge in [-0.3, -0.25) is 0 Å². The Hall–Kier alpha value is -6.36. The summed E-state index contributed by atoms with van der Waals surface area (Å²) < 4.78 is 192. The Bertz CT molecular complexity index is 4330. The van der Waals surface area contributed by atoms with Gasteiger partial charge in [-0.25, -0.2) is 9.97 Å². The van der Waals surface area contributed by atoms with E-state index < -0.39 is 115 Å². The van der Waals surface area contributed by atoms with Crippen molar-refractivity contribution in [2.75, 3.05) is 0 Å². The first-order valence-corrected chi connectivity index (χ1v) is 15.9. The van der Waals surface area contributed by atoms with Crippen LogP contribution in [-0.4, -0.2) is 9.97 Å². The van der Waals surface area contributed by atoms with Crippen LogP contribution in [0, 0.1) is 0 Å². The van der Waals surface area contributed by atoms with Crippen LogP contribution in [0.1, 0.15) is 28.8 Å². The molecular formula is C46H26N2OS. The van der Waals surface area contributed by atoms with Crippen LogP contribution in [0.3, 0.4) is 0 Å². The van der Waals surface area contributed by atoms with Gasteiger partial charge in [0, 0.05) is 31.1 Å². The topological polar surface area (TPSA) is 38.9 Å². The number of hydrogen-bond donors (Lipinski definition) is 0. The van der Waals surface area contributed by atoms with Crippen LogP contribution in [0.2, 0.25) is 0 Å². The molecule has 0 aliphatic carbocycles. The van der Waals surface area contributed by atoms with E-state index >= 15 is 0 Å². The lowest BCUT2D eigenvalue weighted by molar-refractivity contribution is 0.667. The zero-order valence-electron chi connectivity index (χ0n) is 46.1. The van der Waals surface area contributed by atoms with E-state index in [1.165, 1.54) is 24.3 Å². The minimum absolute atomic E-state index is 0.00149. The maximum absolute atomic E-state index is 9.66. The first-order chi connectivity index (χ1) is 33.5. The molecule has 0 bridgehead atoms. The summed E-state index contributed by atoms with van der Waals surface area (Å²) in [7, 11) is 0. The number of fused-ring (bicyclic) bond motifs is 12. The maximum Gasteiger partial charge on any atom is 0.180 e. The van der Waals surface area contributed by atoms with Crippen LogP contribution in [0.15, 0.2) is 162 Å². The van der Waals surface area contributed by atoms with Crippen LogP contribution < -0.4 is 0 Å². The van der Waals surface area contributed by atoms with E-state index in [1.54, 1.807) is 0 Å². The molecule has 232 valence electrons. The molecule has 50 heavy (non-hydrogen) atoms. The van der Waals surface area contributed by atoms with Gasteiger partial charge in [0.1, 0.15) is 23.1 Å². The Labute approximate surface area is 320 Å². The van der Waals surface area contributed by atoms with Crippen molar-refractivity contribution in [3.63, 3.8) is 0 Å². The fourth-order valence-corrected chi connectivity index (χ4v) is 7.46. The summed E-state index contributed by atoms with van der Waals surface area (Å²) in [6, 6.07) is -6.29. The summed E-state index contributed by atoms with van der Waals surface area (Å²) in [4.78, 5) is 8.83. The van der Waals surface area contributed by atoms with Crippen LogP contribution in [-0.2, 0) is 0 Å². The van der Waals surface area contributed by atoms with E-state index in [2.05, 4.69) is 9.97 Å². The van der Waals surface area contributed by atoms with Gasteiger partial charge in [-0.2, -0.15) is 0 Å². The predicted molar refractivity (Wildman–Crippen MR) is 211 cm³/mol. The second-order valence-electron chi connectivity index (χ2n) is 11.3. The largest absolute Gasteiger partial charge is 0.452 e. The van der Waals surface area contributed by atoms with E-state index in [1.807, 2.05) is 0 Å². The molecule has 11 rings (SSSR count). The number of hydrogen-bond acceptors (Lipinski definition) is 4. The van der Waals surface area contributed by atoms with Crippen LogP contribution in [0.4, 0.5) is 0 Å². The molecule has 8 aromatic carbocycles. The summed E-state index contributed by atoms with van der Waals surface area (Å²) in [5, 5.41) is -1.48. The molecule has 0 saturated carbocycles. The highest BCUT2D eigenvalue weighted by molar-refractivity contribution is 7.26. The smallest absolute Gasteiger partial charge is 0.180 e. The molecule has 0 unspecified atom stereocenters. The van der Waals surface area contributed by atoms with Crippen LogP contribution >= 0.6 is 11.3 Å². The molecule has 11 aromatic rings. The average Bonchev–Trinajstić information content (AvgIpc) is 3.94. The summed E-state index contributed by atoms with van der Waals surface area (Å²) >= 11 is 0.877. The van der Waals surface area contributed by atoms with Gasteiger partial charge < -0.3 is 4.42 Å². The van der Waals surface area contributed by atoms with Gasteiger partial charge in [-0.1, -0.05) is 121 Å². The molecule has 0 N–H and O–H groups in total. The van der Waals surface area contributed by atoms with Crippen molar-refractivity contribution in [2.45, 2.75) is 0 Å². The van der Waals surface area contributed by atoms with Gasteiger partial charge in [0.05, 0.1) is 28.8 Å². The number of thiophene rings is 1. The minimum Gasteiger partial charge on any atom is -0.452 e. The molecule has 0 saturated heterocycles. The average molecular weight is 676 g/mol. The Morgan fingerprint density at radius 2 is 1.20 bits per heavy atom. The van der Waals surface area contributed by atoms with Crippen molar-refractivity contribution < 1.29 is 33.2 Å². The summed E-state index contributed by atoms with van der Waals surface area (Å²) in [5.74, 6) is 0. The summed E-state index contributed by atoms with van der Waals surface area (Å²) in [6.45, 7) is 0. The molecule has 4 heteroatoms. The highest BCUT2D eigenvalue weighted by Crippen LogP contribution is 2.42. The highest BCUT2D eigenvalue weighted by atomic mass is 32.1. The normalized spacial score (nSPS) is 17.9. The van der Waals surface area contributed by atoms with Gasteiger partial charge in [0.25, 0.3) is 0 Å². The molecule has 0 atom stereocenters. The van der Waals surface area contributed by atoms with Gasteiger partial charge >= 0.3 is 0 Å². The molecule has 0 aliphatic heterocycles. The lowest BCUT2D eigenvalue weighted by atomic mass is 9.92. The second-order valence-corrected chi connectivity index (χ2v) is 12.3. The maximum atomic E-state index is 9.66. The standard InChI is InChI=1S/C46H26N2OS/c1-2-13-34-32(11-1)33-12-3-4-14-35(33)39-24-27(19-21-36(34)39)28-20-22-41-40(25-28)44-45(49-41)43(47-26-48-44)30-10-7-9-29(23-30)31-16-8-17-38-37-15-5-6-18-42(37)50-46(31)38/h1-26H/i1D,2D,3D,4D,5D,6D,7D,8D,9D,10D,11D,12D,13D,14D,15D,17D,18D,19D,21D,23D,24D. The Kier molecular flexibility index (Phi) is 3.01. The van der Waals surface area contributed by atoms with Crippen molar-refractivity contribution in [3.8, 4) is 33.5 Å². The van der Waals surface area contributed by atoms with Crippen LogP contribution in [0.25, 0.3) is 108 Å². The predicted octanol–water partition coefficient (Wildman–Crippen LogP) is 13.2. The number of nitrogens with zero attached hydrogens (tertiary/aromatic N) is 2. The minimum atomic E-state index is -0.695. The lowest BCUT2D eigenvalue weighted by Crippen LogP contribution is -1.88. The highest BCUT2D eigenvalue weighted by Gasteiger charge is 2.18. The molecule has 0 amide bonds. The quantitative estimate of drug-likeness (QED) is 0.175. The zero-order chi connectivity index (χ0) is 51.0. The first kappa shape index (κ1) is 14.2. The summed E-state index contributed by atoms with van der Waals surface area (Å²) in [6.07, 6.45) is 1.11. The monoisotopic (exact) mass is 675 g/mol. The number of benzene rings is 8. The van der Waals surface area contributed by atoms with E-state index in [-0.39, 0.29) is 120 Å². The molecular weight excluding hydrogens is 629 g/mol. The number of rotatable bonds is 3. The first-order valence-electron chi connectivity index (χ1n) is 25.6. The van der Waals surface area contributed by atoms with E-state index in [4.69, 9.17) is 27.7 Å². The molecule has 0 fully saturated rings. The molecule has 3 nitrogen and oxygen atoms in total. The second kappa shape index (κ2) is 10.6. The van der Waals surface area contributed by atoms with Crippen LogP contribution in [0.5, 0.6) is 0 Å². The lowest BCUT2D eigenvalue weighted by Gasteiger charge is -2.12. The number of furan rings is 1. The molecule has 3 heterocycles. The van der Waals surface area contributed by atoms with E-state index in [0.29, 0.717) is 0 Å². The van der Waals surface area contributed by atoms with E-state index in [0.717, 1.165) is 17.7 Å². The Morgan fingerprint density at radius 3 is 2.02 bits per heavy atom. The van der Waals surface area contributed by atoms with Gasteiger partial charge in [-0.05, 0) is 84.8 Å². The third-order valence-electron chi connectivity index (χ3n) is 8.60. The Balaban J connectivity index is 1.17. The van der Waals surface area contributed by atoms with Gasteiger partial charge in [0.2, 0.25) is 0 Å². The SMILES string of the molecule is [2H]c1cc(-c2c([2H])c([2H])c([2H])c(-c3ncnc4c3oc3ccc(-c5c([2H])c([2H])c6c7c([2H])c([2H])c([2H])c([2H])c7c7c([2H])c([2H])c([2H])c([2H])c7c6c5[2H])cc34)c2[2H])c2sc3c([2H])c([2H])c([2H])c([2H])c3c2c1[2H]. The van der Waals surface area contributed by atoms with Crippen molar-refractivity contribution in [2.24, 2.45) is 0 Å². The molecule has 0 aliphatic rings. The fourth-order valence-electron chi connectivity index (χ4n) is 6.37.